The minimum Gasteiger partial charge on any atom is -0.458 e. The zero-order valence-corrected chi connectivity index (χ0v) is 19.8. The molecule has 1 amide bonds. The number of aromatic amines is 1. The lowest BCUT2D eigenvalue weighted by atomic mass is 10.0. The fourth-order valence-corrected chi connectivity index (χ4v) is 3.92. The van der Waals surface area contributed by atoms with Gasteiger partial charge in [-0.15, -0.1) is 0 Å². The zero-order valence-electron chi connectivity index (χ0n) is 19.8. The summed E-state index contributed by atoms with van der Waals surface area (Å²) in [6, 6.07) is 16.4. The van der Waals surface area contributed by atoms with Crippen molar-refractivity contribution in [3.05, 3.63) is 66.4 Å². The second-order valence-corrected chi connectivity index (χ2v) is 9.11. The molecule has 0 spiro atoms. The molecule has 0 radical (unpaired) electrons. The number of fused-ring (bicyclic) bond motifs is 1. The molecular weight excluding hydrogens is 416 g/mol. The third-order valence-electron chi connectivity index (χ3n) is 5.46. The molecule has 0 aliphatic carbocycles. The number of likely N-dealkylation sites (N-methyl/N-ethyl adjacent to an activating group) is 1. The van der Waals surface area contributed by atoms with Crippen LogP contribution >= 0.6 is 0 Å². The molecule has 7 heteroatoms. The van der Waals surface area contributed by atoms with Crippen molar-refractivity contribution in [3.8, 4) is 0 Å². The van der Waals surface area contributed by atoms with Gasteiger partial charge in [0.15, 0.2) is 0 Å². The van der Waals surface area contributed by atoms with Gasteiger partial charge in [0.1, 0.15) is 11.6 Å². The Kier molecular flexibility index (Phi) is 7.76. The van der Waals surface area contributed by atoms with Gasteiger partial charge in [-0.05, 0) is 45.7 Å². The summed E-state index contributed by atoms with van der Waals surface area (Å²) in [5.41, 5.74) is 7.94. The third-order valence-corrected chi connectivity index (χ3v) is 5.46. The van der Waals surface area contributed by atoms with Gasteiger partial charge in [-0.1, -0.05) is 48.5 Å². The smallest absolute Gasteiger partial charge is 0.330 e. The van der Waals surface area contributed by atoms with Crippen LogP contribution in [0.3, 0.4) is 0 Å². The quantitative estimate of drug-likeness (QED) is 0.411. The van der Waals surface area contributed by atoms with E-state index >= 15 is 0 Å². The Morgan fingerprint density at radius 1 is 1.09 bits per heavy atom. The van der Waals surface area contributed by atoms with Crippen LogP contribution in [0, 0.1) is 0 Å². The predicted octanol–water partition coefficient (Wildman–Crippen LogP) is 3.39. The van der Waals surface area contributed by atoms with Crippen LogP contribution in [-0.2, 0) is 20.7 Å². The van der Waals surface area contributed by atoms with Gasteiger partial charge in [-0.2, -0.15) is 0 Å². The summed E-state index contributed by atoms with van der Waals surface area (Å²) < 4.78 is 5.76. The largest absolute Gasteiger partial charge is 0.458 e. The normalized spacial score (nSPS) is 13.5. The highest BCUT2D eigenvalue weighted by atomic mass is 16.6. The van der Waals surface area contributed by atoms with Crippen LogP contribution in [0.15, 0.2) is 60.8 Å². The van der Waals surface area contributed by atoms with E-state index in [0.29, 0.717) is 13.0 Å². The lowest BCUT2D eigenvalue weighted by Gasteiger charge is -2.34. The average molecular weight is 451 g/mol. The van der Waals surface area contributed by atoms with Gasteiger partial charge >= 0.3 is 5.97 Å². The SMILES string of the molecule is CCN(c1c[nH]c2ccccc12)C(CNC(Cc1ccccc1)C(N)=O)C(=O)OC(C)(C)C. The highest BCUT2D eigenvalue weighted by Crippen LogP contribution is 2.28. The van der Waals surface area contributed by atoms with Gasteiger partial charge in [-0.25, -0.2) is 4.79 Å². The maximum Gasteiger partial charge on any atom is 0.330 e. The van der Waals surface area contributed by atoms with Crippen LogP contribution in [0.4, 0.5) is 5.69 Å². The molecular formula is C26H34N4O3. The van der Waals surface area contributed by atoms with Gasteiger partial charge in [0.05, 0.1) is 11.7 Å². The number of nitrogens with one attached hydrogen (secondary N) is 2. The summed E-state index contributed by atoms with van der Waals surface area (Å²) in [5, 5.41) is 4.25. The summed E-state index contributed by atoms with van der Waals surface area (Å²) >= 11 is 0. The zero-order chi connectivity index (χ0) is 24.0. The van der Waals surface area contributed by atoms with E-state index in [1.54, 1.807) is 0 Å². The Hall–Kier alpha value is -3.32. The van der Waals surface area contributed by atoms with Crippen LogP contribution in [0.25, 0.3) is 10.9 Å². The third kappa shape index (κ3) is 6.35. The molecule has 3 rings (SSSR count). The van der Waals surface area contributed by atoms with Crippen LogP contribution in [0.5, 0.6) is 0 Å². The summed E-state index contributed by atoms with van der Waals surface area (Å²) in [6.07, 6.45) is 2.34. The van der Waals surface area contributed by atoms with Crippen LogP contribution in [0.2, 0.25) is 0 Å². The fourth-order valence-electron chi connectivity index (χ4n) is 3.92. The first-order valence-electron chi connectivity index (χ1n) is 11.3. The van der Waals surface area contributed by atoms with Gasteiger partial charge in [-0.3, -0.25) is 4.79 Å². The number of hydrogen-bond acceptors (Lipinski definition) is 5. The average Bonchev–Trinajstić information content (AvgIpc) is 3.19. The molecule has 1 heterocycles. The van der Waals surface area contributed by atoms with E-state index in [9.17, 15) is 9.59 Å². The van der Waals surface area contributed by atoms with Crippen molar-refractivity contribution >= 4 is 28.5 Å². The number of rotatable bonds is 10. The van der Waals surface area contributed by atoms with Gasteiger partial charge < -0.3 is 25.7 Å². The van der Waals surface area contributed by atoms with E-state index in [4.69, 9.17) is 10.5 Å². The number of para-hydroxylation sites is 1. The van der Waals surface area contributed by atoms with E-state index in [-0.39, 0.29) is 12.5 Å². The number of aromatic nitrogens is 1. The van der Waals surface area contributed by atoms with E-state index in [0.717, 1.165) is 22.2 Å². The number of carbonyl (C=O) groups is 2. The first kappa shape index (κ1) is 24.3. The Morgan fingerprint density at radius 2 is 1.76 bits per heavy atom. The van der Waals surface area contributed by atoms with E-state index in [1.807, 2.05) is 93.4 Å². The first-order valence-corrected chi connectivity index (χ1v) is 11.3. The number of anilines is 1. The maximum absolute atomic E-state index is 13.3. The molecule has 0 saturated carbocycles. The van der Waals surface area contributed by atoms with E-state index in [2.05, 4.69) is 10.3 Å². The summed E-state index contributed by atoms with van der Waals surface area (Å²) in [7, 11) is 0. The number of amides is 1. The lowest BCUT2D eigenvalue weighted by Crippen LogP contribution is -2.54. The minimum atomic E-state index is -0.647. The van der Waals surface area contributed by atoms with E-state index < -0.39 is 23.6 Å². The molecule has 0 saturated heterocycles. The molecule has 176 valence electrons. The number of ether oxygens (including phenoxy) is 1. The van der Waals surface area contributed by atoms with Crippen molar-refractivity contribution in [2.45, 2.75) is 51.8 Å². The second-order valence-electron chi connectivity index (χ2n) is 9.11. The molecule has 1 aromatic heterocycles. The Balaban J connectivity index is 1.88. The number of H-pyrrole nitrogens is 1. The predicted molar refractivity (Wildman–Crippen MR) is 132 cm³/mol. The lowest BCUT2D eigenvalue weighted by molar-refractivity contribution is -0.156. The number of esters is 1. The highest BCUT2D eigenvalue weighted by Gasteiger charge is 2.32. The van der Waals surface area contributed by atoms with Crippen molar-refractivity contribution in [3.63, 3.8) is 0 Å². The summed E-state index contributed by atoms with van der Waals surface area (Å²) in [6.45, 7) is 8.32. The van der Waals surface area contributed by atoms with Crippen molar-refractivity contribution in [1.29, 1.82) is 0 Å². The number of nitrogens with two attached hydrogens (primary N) is 1. The first-order chi connectivity index (χ1) is 15.7. The molecule has 0 aliphatic heterocycles. The van der Waals surface area contributed by atoms with Gasteiger partial charge in [0.25, 0.3) is 0 Å². The van der Waals surface area contributed by atoms with Crippen molar-refractivity contribution < 1.29 is 14.3 Å². The topological polar surface area (TPSA) is 100 Å². The standard InChI is InChI=1S/C26H34N4O3/c1-5-30(22-16-28-20-14-10-9-13-19(20)22)23(25(32)33-26(2,3)4)17-29-21(24(27)31)15-18-11-7-6-8-12-18/h6-14,16,21,23,28-29H,5,15,17H2,1-4H3,(H2,27,31). The summed E-state index contributed by atoms with van der Waals surface area (Å²) in [5.74, 6) is -0.818. The molecule has 2 unspecified atom stereocenters. The molecule has 0 aliphatic rings. The number of primary amides is 1. The van der Waals surface area contributed by atoms with Gasteiger partial charge in [0, 0.05) is 30.2 Å². The number of nitrogens with zero attached hydrogens (tertiary/aromatic N) is 1. The summed E-state index contributed by atoms with van der Waals surface area (Å²) in [4.78, 5) is 30.8. The van der Waals surface area contributed by atoms with Crippen LogP contribution in [0.1, 0.15) is 33.3 Å². The molecule has 3 aromatic rings. The van der Waals surface area contributed by atoms with Crippen molar-refractivity contribution in [1.82, 2.24) is 10.3 Å². The van der Waals surface area contributed by atoms with Crippen molar-refractivity contribution in [2.75, 3.05) is 18.0 Å². The number of hydrogen-bond donors (Lipinski definition) is 3. The number of benzene rings is 2. The molecule has 2 atom stereocenters. The highest BCUT2D eigenvalue weighted by molar-refractivity contribution is 5.95. The van der Waals surface area contributed by atoms with Gasteiger partial charge in [0.2, 0.25) is 5.91 Å². The molecule has 0 fully saturated rings. The number of carbonyl (C=O) groups excluding carboxylic acids is 2. The van der Waals surface area contributed by atoms with Crippen molar-refractivity contribution in [2.24, 2.45) is 5.73 Å². The van der Waals surface area contributed by atoms with Crippen LogP contribution < -0.4 is 16.0 Å². The monoisotopic (exact) mass is 450 g/mol. The Labute approximate surface area is 195 Å². The minimum absolute atomic E-state index is 0.211. The van der Waals surface area contributed by atoms with E-state index in [1.165, 1.54) is 0 Å². The molecule has 4 N–H and O–H groups in total. The Morgan fingerprint density at radius 3 is 2.39 bits per heavy atom. The van der Waals surface area contributed by atoms with Crippen LogP contribution in [-0.4, -0.2) is 47.6 Å². The fraction of sp³-hybridized carbons (Fsp3) is 0.385. The molecule has 7 nitrogen and oxygen atoms in total. The molecule has 33 heavy (non-hydrogen) atoms. The second kappa shape index (κ2) is 10.5. The molecule has 0 bridgehead atoms. The molecule has 2 aromatic carbocycles. The Bertz CT molecular complexity index is 1070. The maximum atomic E-state index is 13.3.